The maximum Gasteiger partial charge on any atom is 2.00 e. The number of aliphatic hydroxyl groups is 1. The second-order valence-corrected chi connectivity index (χ2v) is 19.9. The fraction of sp³-hybridized carbons (Fsp3) is 0.492. The first-order chi connectivity index (χ1) is 41.3. The summed E-state index contributed by atoms with van der Waals surface area (Å²) in [5.74, 6) is 1.62. The Labute approximate surface area is 507 Å². The molecule has 0 saturated heterocycles. The number of rotatable bonds is 31. The van der Waals surface area contributed by atoms with E-state index in [-0.39, 0.29) is 167 Å². The van der Waals surface area contributed by atoms with Crippen molar-refractivity contribution in [3.63, 3.8) is 0 Å². The predicted molar refractivity (Wildman–Crippen MR) is 317 cm³/mol. The molecule has 2 aliphatic heterocycles. The van der Waals surface area contributed by atoms with Crippen molar-refractivity contribution in [2.45, 2.75) is 145 Å². The number of hydrogen-bond acceptors (Lipinski definition) is 23. The Morgan fingerprint density at radius 1 is 0.318 bits per heavy atom. The van der Waals surface area contributed by atoms with Gasteiger partial charge in [-0.05, 0) is 62.6 Å². The molecular weight excluding hydrogens is 1100 g/mol. The molecular formula is C59H70MgN16O9. The maximum atomic E-state index is 9.82. The Kier molecular flexibility index (Phi) is 21.5. The smallest absolute Gasteiger partial charge is 0.474 e. The van der Waals surface area contributed by atoms with E-state index in [0.717, 1.165) is 83.5 Å². The summed E-state index contributed by atoms with van der Waals surface area (Å²) in [7, 11) is 0. The fourth-order valence-electron chi connectivity index (χ4n) is 8.41. The topological polar surface area (TPSA) is 303 Å². The molecule has 9 heterocycles. The number of unbranched alkanes of at least 4 members (excludes halogenated alkanes) is 7. The molecule has 8 aromatic rings. The number of nitrogens with zero attached hydrogens (tertiary/aromatic N) is 16. The van der Waals surface area contributed by atoms with Crippen molar-refractivity contribution < 1.29 is 43.0 Å². The molecule has 25 nitrogen and oxygen atoms in total. The van der Waals surface area contributed by atoms with E-state index in [1.54, 1.807) is 24.3 Å². The molecule has 0 amide bonds. The van der Waals surface area contributed by atoms with Gasteiger partial charge < -0.3 is 72.9 Å². The molecule has 7 aromatic heterocycles. The third-order valence-electron chi connectivity index (χ3n) is 13.2. The Morgan fingerprint density at radius 2 is 0.565 bits per heavy atom. The second-order valence-electron chi connectivity index (χ2n) is 19.9. The predicted octanol–water partition coefficient (Wildman–Crippen LogP) is 10.4. The molecule has 10 rings (SSSR count). The summed E-state index contributed by atoms with van der Waals surface area (Å²) in [6.45, 7) is 16.8. The van der Waals surface area contributed by atoms with Crippen LogP contribution in [0.3, 0.4) is 0 Å². The van der Waals surface area contributed by atoms with E-state index in [9.17, 15) is 5.11 Å². The van der Waals surface area contributed by atoms with E-state index in [4.69, 9.17) is 118 Å². The van der Waals surface area contributed by atoms with Crippen LogP contribution in [0.2, 0.25) is 0 Å². The van der Waals surface area contributed by atoms with E-state index in [2.05, 4.69) is 48.5 Å². The standard InChI is InChI=1S/C59H70N16O9.Mg/c1-8-15-26-77-52-53(78-27-16-9-2)61-37-36(60-52)44-68-45(37)70-47-40-41(65-57(82-31-20-13-6)56(64-40)81-30-19-12-5)49(72-47)74-51-43-42(66-58(83-32-21-14-7)59(67-43)84-35-24-22-34(33-76)23-25-35)50(75-51)73-48-39-38(46(69-44)71-48)62-54(79-28-17-10-3)55(63-39)80-29-18-11-4;/h22-25,76H,8-21,26-33H2,1-7H3;/q-2;+2. The van der Waals surface area contributed by atoms with E-state index < -0.39 is 0 Å². The Balaban J connectivity index is 0.00000865. The van der Waals surface area contributed by atoms with Crippen LogP contribution in [0.5, 0.6) is 52.8 Å². The van der Waals surface area contributed by atoms with Crippen LogP contribution in [0.15, 0.2) is 24.3 Å². The number of benzene rings is 1. The molecule has 0 spiro atoms. The molecule has 442 valence electrons. The van der Waals surface area contributed by atoms with Crippen LogP contribution in [0, 0.1) is 0 Å². The minimum absolute atomic E-state index is 0. The summed E-state index contributed by atoms with van der Waals surface area (Å²) in [5, 5.41) is 9.82. The zero-order chi connectivity index (χ0) is 58.4. The Morgan fingerprint density at radius 3 is 0.824 bits per heavy atom. The summed E-state index contributed by atoms with van der Waals surface area (Å²) >= 11 is 0. The third-order valence-corrected chi connectivity index (χ3v) is 13.2. The average Bonchev–Trinajstić information content (AvgIpc) is 2.71. The van der Waals surface area contributed by atoms with Gasteiger partial charge in [-0.3, -0.25) is 0 Å². The van der Waals surface area contributed by atoms with Crippen LogP contribution in [0.25, 0.3) is 90.7 Å². The van der Waals surface area contributed by atoms with Crippen molar-refractivity contribution in [3.05, 3.63) is 29.8 Å². The third kappa shape index (κ3) is 14.2. The molecule has 85 heavy (non-hydrogen) atoms. The van der Waals surface area contributed by atoms with Gasteiger partial charge in [-0.1, -0.05) is 106 Å². The van der Waals surface area contributed by atoms with Gasteiger partial charge in [-0.2, -0.15) is 0 Å². The van der Waals surface area contributed by atoms with E-state index in [0.29, 0.717) is 64.0 Å². The van der Waals surface area contributed by atoms with Crippen LogP contribution in [-0.2, 0) is 6.61 Å². The van der Waals surface area contributed by atoms with E-state index in [1.807, 2.05) is 0 Å². The largest absolute Gasteiger partial charge is 2.00 e. The summed E-state index contributed by atoms with van der Waals surface area (Å²) < 4.78 is 50.5. The fourth-order valence-corrected chi connectivity index (χ4v) is 8.41. The Hall–Kier alpha value is -7.97. The number of aliphatic hydroxyl groups excluding tert-OH is 1. The van der Waals surface area contributed by atoms with Gasteiger partial charge >= 0.3 is 23.1 Å². The zero-order valence-corrected chi connectivity index (χ0v) is 50.9. The molecule has 2 aliphatic rings. The monoisotopic (exact) mass is 1170 g/mol. The summed E-state index contributed by atoms with van der Waals surface area (Å²) in [6, 6.07) is 6.93. The minimum atomic E-state index is -0.147. The first-order valence-electron chi connectivity index (χ1n) is 29.5. The van der Waals surface area contributed by atoms with Crippen molar-refractivity contribution in [3.8, 4) is 98.9 Å². The van der Waals surface area contributed by atoms with Crippen LogP contribution < -0.4 is 47.9 Å². The van der Waals surface area contributed by atoms with Gasteiger partial charge in [-0.15, -0.1) is 0 Å². The van der Waals surface area contributed by atoms with Crippen LogP contribution in [-0.4, -0.2) is 144 Å². The van der Waals surface area contributed by atoms with Gasteiger partial charge in [0, 0.05) is 22.6 Å². The Bertz CT molecular complexity index is 3740. The van der Waals surface area contributed by atoms with Gasteiger partial charge in [0.2, 0.25) is 0 Å². The van der Waals surface area contributed by atoms with E-state index in [1.165, 1.54) is 0 Å². The van der Waals surface area contributed by atoms with Gasteiger partial charge in [0.05, 0.1) is 52.9 Å². The normalized spacial score (nSPS) is 11.5. The SMILES string of the molecule is CCCCOc1nc2c(nc1OCCCC)-c1nc-2nc2[n-]c(nc3nc(nc4[n-]c(n1)c1nc(OCCCC)c(Oc5ccc(CO)cc5)nc41)-c1nc(OCCCC)c(OCCCC)nc1-3)c1nc(OCCCC)c(OCCCC)nc21.[Mg+2]. The quantitative estimate of drug-likeness (QED) is 0.0312. The van der Waals surface area contributed by atoms with Crippen molar-refractivity contribution in [2.24, 2.45) is 0 Å². The molecule has 0 atom stereocenters. The van der Waals surface area contributed by atoms with Crippen LogP contribution in [0.4, 0.5) is 0 Å². The van der Waals surface area contributed by atoms with Crippen molar-refractivity contribution >= 4 is 67.7 Å². The number of hydrogen-bond donors (Lipinski definition) is 1. The molecule has 0 fully saturated rings. The van der Waals surface area contributed by atoms with Crippen LogP contribution in [0.1, 0.15) is 144 Å². The van der Waals surface area contributed by atoms with Gasteiger partial charge in [0.25, 0.3) is 47.0 Å². The molecule has 26 heteroatoms. The van der Waals surface area contributed by atoms with Crippen molar-refractivity contribution in [2.75, 3.05) is 46.2 Å². The molecule has 0 aliphatic carbocycles. The zero-order valence-electron chi connectivity index (χ0n) is 49.4. The van der Waals surface area contributed by atoms with E-state index >= 15 is 0 Å². The van der Waals surface area contributed by atoms with Gasteiger partial charge in [-0.25, -0.2) is 49.8 Å². The molecule has 8 bridgehead atoms. The number of aromatic nitrogens is 16. The van der Waals surface area contributed by atoms with Crippen molar-refractivity contribution in [1.82, 2.24) is 79.7 Å². The summed E-state index contributed by atoms with van der Waals surface area (Å²) in [4.78, 5) is 80.9. The summed E-state index contributed by atoms with van der Waals surface area (Å²) in [5.41, 5.74) is 2.46. The molecule has 0 unspecified atom stereocenters. The first kappa shape index (κ1) is 61.6. The molecule has 1 N–H and O–H groups in total. The molecule has 0 saturated carbocycles. The molecule has 0 radical (unpaired) electrons. The summed E-state index contributed by atoms with van der Waals surface area (Å²) in [6.07, 6.45) is 11.4. The number of fused-ring (bicyclic) bond motifs is 20. The van der Waals surface area contributed by atoms with Crippen LogP contribution >= 0.6 is 0 Å². The first-order valence-corrected chi connectivity index (χ1v) is 29.5. The second kappa shape index (κ2) is 29.7. The maximum absolute atomic E-state index is 9.82. The molecule has 1 aromatic carbocycles. The average molecular weight is 1170 g/mol. The minimum Gasteiger partial charge on any atom is -0.474 e. The van der Waals surface area contributed by atoms with Gasteiger partial charge in [0.1, 0.15) is 73.9 Å². The van der Waals surface area contributed by atoms with Gasteiger partial charge in [0.15, 0.2) is 0 Å². The number of ether oxygens (including phenoxy) is 8. The van der Waals surface area contributed by atoms with Crippen molar-refractivity contribution in [1.29, 1.82) is 0 Å².